The van der Waals surface area contributed by atoms with Gasteiger partial charge in [-0.2, -0.15) is 5.10 Å². The largest absolute Gasteiger partial charge is 0.493 e. The number of ether oxygens (including phenoxy) is 2. The van der Waals surface area contributed by atoms with E-state index in [4.69, 9.17) is 14.9 Å². The van der Waals surface area contributed by atoms with Gasteiger partial charge in [-0.3, -0.25) is 10.2 Å². The molecule has 2 aromatic carbocycles. The van der Waals surface area contributed by atoms with Crippen molar-refractivity contribution in [1.29, 1.82) is 5.41 Å². The van der Waals surface area contributed by atoms with Crippen LogP contribution in [0, 0.1) is 5.41 Å². The van der Waals surface area contributed by atoms with Crippen LogP contribution in [0.4, 0.5) is 10.5 Å². The second kappa shape index (κ2) is 8.50. The number of hydrazone groups is 1. The van der Waals surface area contributed by atoms with Gasteiger partial charge in [-0.15, -0.1) is 0 Å². The lowest BCUT2D eigenvalue weighted by atomic mass is 9.76. The molecule has 168 valence electrons. The second-order valence-corrected chi connectivity index (χ2v) is 9.91. The maximum atomic E-state index is 11.6. The molecule has 0 aromatic heterocycles. The van der Waals surface area contributed by atoms with Gasteiger partial charge >= 0.3 is 0 Å². The van der Waals surface area contributed by atoms with Crippen molar-refractivity contribution in [2.24, 2.45) is 5.10 Å². The number of nitrogens with one attached hydrogen (secondary N) is 2. The number of amides is 1. The van der Waals surface area contributed by atoms with Gasteiger partial charge in [0.05, 0.1) is 25.2 Å². The summed E-state index contributed by atoms with van der Waals surface area (Å²) in [5.41, 5.74) is 7.34. The maximum Gasteiger partial charge on any atom is 0.299 e. The van der Waals surface area contributed by atoms with Crippen LogP contribution in [0.1, 0.15) is 43.9 Å². The van der Waals surface area contributed by atoms with Crippen LogP contribution >= 0.6 is 11.8 Å². The van der Waals surface area contributed by atoms with Gasteiger partial charge in [0.25, 0.3) is 5.24 Å². The zero-order chi connectivity index (χ0) is 23.0. The van der Waals surface area contributed by atoms with Gasteiger partial charge in [-0.25, -0.2) is 5.43 Å². The molecule has 4 rings (SSSR count). The molecule has 0 fully saturated rings. The first-order valence-corrected chi connectivity index (χ1v) is 11.4. The van der Waals surface area contributed by atoms with Crippen LogP contribution in [-0.4, -0.2) is 42.8 Å². The molecule has 2 aliphatic heterocycles. The third kappa shape index (κ3) is 3.95. The van der Waals surface area contributed by atoms with E-state index in [0.717, 1.165) is 35.5 Å². The van der Waals surface area contributed by atoms with Gasteiger partial charge in [0, 0.05) is 17.8 Å². The number of thioether (sulfide) groups is 1. The van der Waals surface area contributed by atoms with Crippen molar-refractivity contribution in [2.45, 2.75) is 37.9 Å². The number of hydrogen-bond acceptors (Lipinski definition) is 6. The summed E-state index contributed by atoms with van der Waals surface area (Å²) in [5.74, 6) is 1.66. The molecule has 0 saturated carbocycles. The van der Waals surface area contributed by atoms with Crippen LogP contribution in [-0.2, 0) is 5.41 Å². The molecule has 1 atom stereocenters. The highest BCUT2D eigenvalue weighted by molar-refractivity contribution is 8.14. The number of amidine groups is 1. The summed E-state index contributed by atoms with van der Waals surface area (Å²) in [4.78, 5) is 13.7. The Hall–Kier alpha value is -3.00. The van der Waals surface area contributed by atoms with Crippen molar-refractivity contribution in [2.75, 3.05) is 25.7 Å². The number of anilines is 1. The number of benzene rings is 2. The van der Waals surface area contributed by atoms with Crippen molar-refractivity contribution < 1.29 is 14.3 Å². The number of rotatable bonds is 4. The summed E-state index contributed by atoms with van der Waals surface area (Å²) in [5, 5.41) is 13.1. The van der Waals surface area contributed by atoms with E-state index in [0.29, 0.717) is 17.3 Å². The Kier molecular flexibility index (Phi) is 5.90. The Morgan fingerprint density at radius 1 is 1.19 bits per heavy atom. The lowest BCUT2D eigenvalue weighted by Gasteiger charge is -2.40. The van der Waals surface area contributed by atoms with E-state index in [1.807, 2.05) is 36.1 Å². The molecule has 0 spiro atoms. The van der Waals surface area contributed by atoms with Crippen molar-refractivity contribution in [1.82, 2.24) is 5.43 Å². The Balaban J connectivity index is 1.72. The van der Waals surface area contributed by atoms with Gasteiger partial charge in [-0.1, -0.05) is 31.7 Å². The van der Waals surface area contributed by atoms with Crippen molar-refractivity contribution >= 4 is 34.2 Å². The molecular formula is C24H28N4O3S. The van der Waals surface area contributed by atoms with Crippen LogP contribution in [0.25, 0.3) is 0 Å². The zero-order valence-corrected chi connectivity index (χ0v) is 19.8. The first-order valence-electron chi connectivity index (χ1n) is 10.5. The molecule has 32 heavy (non-hydrogen) atoms. The number of nitrogens with zero attached hydrogens (tertiary/aromatic N) is 2. The Labute approximate surface area is 192 Å². The van der Waals surface area contributed by atoms with Gasteiger partial charge in [0.2, 0.25) is 0 Å². The molecule has 1 amide bonds. The molecule has 0 radical (unpaired) electrons. The molecule has 0 bridgehead atoms. The number of fused-ring (bicyclic) bond motifs is 1. The summed E-state index contributed by atoms with van der Waals surface area (Å²) in [6.07, 6.45) is 0.909. The molecule has 0 aliphatic carbocycles. The minimum absolute atomic E-state index is 0.0188. The van der Waals surface area contributed by atoms with Crippen LogP contribution in [0.5, 0.6) is 11.5 Å². The first-order chi connectivity index (χ1) is 15.2. The molecule has 7 nitrogen and oxygen atoms in total. The minimum Gasteiger partial charge on any atom is -0.493 e. The minimum atomic E-state index is -0.130. The molecule has 2 aromatic rings. The van der Waals surface area contributed by atoms with Gasteiger partial charge in [0.1, 0.15) is 5.84 Å². The van der Waals surface area contributed by atoms with E-state index < -0.39 is 0 Å². The predicted octanol–water partition coefficient (Wildman–Crippen LogP) is 4.77. The van der Waals surface area contributed by atoms with Crippen molar-refractivity contribution in [3.63, 3.8) is 0 Å². The van der Waals surface area contributed by atoms with Crippen molar-refractivity contribution in [3.8, 4) is 11.5 Å². The number of hydrogen-bond donors (Lipinski definition) is 2. The highest BCUT2D eigenvalue weighted by Gasteiger charge is 2.34. The van der Waals surface area contributed by atoms with E-state index in [-0.39, 0.29) is 15.9 Å². The summed E-state index contributed by atoms with van der Waals surface area (Å²) in [6, 6.07) is 11.8. The molecule has 8 heteroatoms. The maximum absolute atomic E-state index is 11.6. The monoisotopic (exact) mass is 452 g/mol. The molecule has 1 unspecified atom stereocenters. The van der Waals surface area contributed by atoms with Gasteiger partial charge in [0.15, 0.2) is 11.5 Å². The second-order valence-electron chi connectivity index (χ2n) is 8.59. The third-order valence-corrected chi connectivity index (χ3v) is 7.02. The van der Waals surface area contributed by atoms with E-state index in [9.17, 15) is 4.79 Å². The van der Waals surface area contributed by atoms with E-state index >= 15 is 0 Å². The standard InChI is InChI=1S/C24H28N4O3S/c1-14-21(26-27-23(29)32-14)15-6-8-18-17(12-15)24(2,3)10-11-28(18)22(25)16-7-9-19(30-4)20(13-16)31-5/h6-9,12-14,25H,10-11H2,1-5H3,(H,27,29). The topological polar surface area (TPSA) is 87.0 Å². The molecule has 2 heterocycles. The lowest BCUT2D eigenvalue weighted by Crippen LogP contribution is -2.41. The number of carbonyl (C=O) groups excluding carboxylic acids is 1. The molecule has 0 saturated heterocycles. The summed E-state index contributed by atoms with van der Waals surface area (Å²) < 4.78 is 10.8. The van der Waals surface area contributed by atoms with E-state index in [1.54, 1.807) is 14.2 Å². The highest BCUT2D eigenvalue weighted by atomic mass is 32.2. The summed E-state index contributed by atoms with van der Waals surface area (Å²) in [7, 11) is 3.20. The van der Waals surface area contributed by atoms with Crippen molar-refractivity contribution in [3.05, 3.63) is 53.1 Å². The lowest BCUT2D eigenvalue weighted by molar-refractivity contribution is 0.261. The fraction of sp³-hybridized carbons (Fsp3) is 0.375. The van der Waals surface area contributed by atoms with Crippen LogP contribution in [0.3, 0.4) is 0 Å². The van der Waals surface area contributed by atoms with E-state index in [1.165, 1.54) is 17.3 Å². The Morgan fingerprint density at radius 2 is 1.94 bits per heavy atom. The van der Waals surface area contributed by atoms with Crippen LogP contribution in [0.15, 0.2) is 41.5 Å². The fourth-order valence-corrected chi connectivity index (χ4v) is 4.95. The number of carbonyl (C=O) groups is 1. The Morgan fingerprint density at radius 3 is 2.62 bits per heavy atom. The third-order valence-electron chi connectivity index (χ3n) is 6.14. The number of methoxy groups -OCH3 is 2. The summed E-state index contributed by atoms with van der Waals surface area (Å²) in [6.45, 7) is 7.20. The molecule has 2 aliphatic rings. The summed E-state index contributed by atoms with van der Waals surface area (Å²) >= 11 is 1.24. The molecule has 2 N–H and O–H groups in total. The smallest absolute Gasteiger partial charge is 0.299 e. The highest BCUT2D eigenvalue weighted by Crippen LogP contribution is 2.41. The van der Waals surface area contributed by atoms with E-state index in [2.05, 4.69) is 36.5 Å². The van der Waals surface area contributed by atoms with Gasteiger partial charge < -0.3 is 14.4 Å². The average molecular weight is 453 g/mol. The fourth-order valence-electron chi connectivity index (χ4n) is 4.23. The normalized spacial score (nSPS) is 19.5. The quantitative estimate of drug-likeness (QED) is 0.516. The van der Waals surface area contributed by atoms with Crippen LogP contribution in [0.2, 0.25) is 0 Å². The zero-order valence-electron chi connectivity index (χ0n) is 19.0. The SMILES string of the molecule is COc1ccc(C(=N)N2CCC(C)(C)c3cc(C4=NNC(=O)SC4C)ccc32)cc1OC. The van der Waals surface area contributed by atoms with Gasteiger partial charge in [-0.05, 0) is 60.2 Å². The predicted molar refractivity (Wildman–Crippen MR) is 130 cm³/mol. The first kappa shape index (κ1) is 22.2. The van der Waals surface area contributed by atoms with Crippen LogP contribution < -0.4 is 19.8 Å². The average Bonchev–Trinajstić information content (AvgIpc) is 2.78. The Bertz CT molecular complexity index is 1110. The molecular weight excluding hydrogens is 424 g/mol.